The third-order valence-corrected chi connectivity index (χ3v) is 3.92. The van der Waals surface area contributed by atoms with Crippen molar-refractivity contribution in [2.45, 2.75) is 66.9 Å². The molecule has 0 aromatic rings. The SMILES string of the molecule is CC(C)(C)OC(=O)N1CCC[C@@](C)(/C=C(/C#N)C(=O)C(C)(C)C)C1. The lowest BCUT2D eigenvalue weighted by Gasteiger charge is -2.39. The van der Waals surface area contributed by atoms with Gasteiger partial charge in [-0.15, -0.1) is 0 Å². The summed E-state index contributed by atoms with van der Waals surface area (Å²) >= 11 is 0. The highest BCUT2D eigenvalue weighted by atomic mass is 16.6. The Labute approximate surface area is 145 Å². The molecule has 0 N–H and O–H groups in total. The fraction of sp³-hybridized carbons (Fsp3) is 0.737. The number of hydrogen-bond donors (Lipinski definition) is 0. The highest BCUT2D eigenvalue weighted by Crippen LogP contribution is 2.34. The Kier molecular flexibility index (Phi) is 5.86. The number of ether oxygens (including phenoxy) is 1. The molecule has 0 aromatic heterocycles. The van der Waals surface area contributed by atoms with Crippen LogP contribution in [0.1, 0.15) is 61.3 Å². The number of amides is 1. The minimum atomic E-state index is -0.600. The first-order chi connectivity index (χ1) is 10.8. The minimum absolute atomic E-state index is 0.166. The molecular weight excluding hydrogens is 304 g/mol. The summed E-state index contributed by atoms with van der Waals surface area (Å²) in [5, 5.41) is 9.39. The van der Waals surface area contributed by atoms with Gasteiger partial charge in [0, 0.05) is 23.9 Å². The monoisotopic (exact) mass is 334 g/mol. The van der Waals surface area contributed by atoms with Gasteiger partial charge in [-0.3, -0.25) is 4.79 Å². The Bertz CT molecular complexity index is 573. The quantitative estimate of drug-likeness (QED) is 0.563. The van der Waals surface area contributed by atoms with Gasteiger partial charge >= 0.3 is 6.09 Å². The largest absolute Gasteiger partial charge is 0.444 e. The molecule has 134 valence electrons. The standard InChI is InChI=1S/C19H30N2O3/c1-17(2,3)15(22)14(12-20)11-19(7)9-8-10-21(13-19)16(23)24-18(4,5)6/h11H,8-10,13H2,1-7H3/b14-11-/t19-/m0/s1. The van der Waals surface area contributed by atoms with Gasteiger partial charge in [-0.2, -0.15) is 5.26 Å². The van der Waals surface area contributed by atoms with Crippen LogP contribution in [0.2, 0.25) is 0 Å². The molecule has 1 amide bonds. The van der Waals surface area contributed by atoms with Crippen LogP contribution in [0.25, 0.3) is 0 Å². The van der Waals surface area contributed by atoms with Crippen molar-refractivity contribution in [2.24, 2.45) is 10.8 Å². The first-order valence-electron chi connectivity index (χ1n) is 8.43. The van der Waals surface area contributed by atoms with E-state index < -0.39 is 16.4 Å². The van der Waals surface area contributed by atoms with Crippen LogP contribution in [0.3, 0.4) is 0 Å². The number of hydrogen-bond acceptors (Lipinski definition) is 4. The molecule has 1 saturated heterocycles. The third kappa shape index (κ3) is 5.67. The number of likely N-dealkylation sites (tertiary alicyclic amines) is 1. The maximum absolute atomic E-state index is 12.4. The molecule has 0 unspecified atom stereocenters. The minimum Gasteiger partial charge on any atom is -0.444 e. The van der Waals surface area contributed by atoms with Gasteiger partial charge in [-0.1, -0.05) is 33.8 Å². The number of allylic oxidation sites excluding steroid dienone is 1. The van der Waals surface area contributed by atoms with E-state index in [1.54, 1.807) is 31.7 Å². The van der Waals surface area contributed by atoms with Crippen molar-refractivity contribution in [1.82, 2.24) is 4.90 Å². The second-order valence-electron chi connectivity index (χ2n) is 8.91. The van der Waals surface area contributed by atoms with Crippen molar-refractivity contribution >= 4 is 11.9 Å². The summed E-state index contributed by atoms with van der Waals surface area (Å²) in [6.07, 6.45) is 3.04. The third-order valence-electron chi connectivity index (χ3n) is 3.92. The maximum atomic E-state index is 12.4. The van der Waals surface area contributed by atoms with Crippen LogP contribution in [0.4, 0.5) is 4.79 Å². The Hall–Kier alpha value is -1.83. The molecule has 24 heavy (non-hydrogen) atoms. The summed E-state index contributed by atoms with van der Waals surface area (Å²) < 4.78 is 5.44. The average Bonchev–Trinajstić information content (AvgIpc) is 2.41. The van der Waals surface area contributed by atoms with E-state index in [9.17, 15) is 14.9 Å². The fourth-order valence-corrected chi connectivity index (χ4v) is 2.77. The first-order valence-corrected chi connectivity index (χ1v) is 8.43. The summed E-state index contributed by atoms with van der Waals surface area (Å²) in [5.41, 5.74) is -1.37. The van der Waals surface area contributed by atoms with E-state index in [4.69, 9.17) is 4.74 Å². The smallest absolute Gasteiger partial charge is 0.410 e. The molecule has 0 bridgehead atoms. The summed E-state index contributed by atoms with van der Waals surface area (Å²) in [5.74, 6) is -0.166. The van der Waals surface area contributed by atoms with Gasteiger partial charge in [0.15, 0.2) is 5.78 Å². The van der Waals surface area contributed by atoms with Gasteiger partial charge in [0.1, 0.15) is 11.7 Å². The molecule has 0 spiro atoms. The van der Waals surface area contributed by atoms with Crippen LogP contribution in [0.15, 0.2) is 11.6 Å². The van der Waals surface area contributed by atoms with Crippen LogP contribution in [-0.4, -0.2) is 35.5 Å². The first kappa shape index (κ1) is 20.2. The van der Waals surface area contributed by atoms with Gasteiger partial charge in [0.05, 0.1) is 5.57 Å². The highest BCUT2D eigenvalue weighted by Gasteiger charge is 2.35. The zero-order valence-electron chi connectivity index (χ0n) is 16.0. The molecule has 0 saturated carbocycles. The van der Waals surface area contributed by atoms with E-state index >= 15 is 0 Å². The number of ketones is 1. The number of carbonyl (C=O) groups is 2. The van der Waals surface area contributed by atoms with Crippen molar-refractivity contribution in [3.05, 3.63) is 11.6 Å². The Morgan fingerprint density at radius 1 is 1.21 bits per heavy atom. The lowest BCUT2D eigenvalue weighted by Crippen LogP contribution is -2.46. The van der Waals surface area contributed by atoms with Gasteiger partial charge in [-0.05, 0) is 33.6 Å². The molecule has 5 nitrogen and oxygen atoms in total. The van der Waals surface area contributed by atoms with Gasteiger partial charge in [0.2, 0.25) is 0 Å². The van der Waals surface area contributed by atoms with E-state index in [0.717, 1.165) is 12.8 Å². The Morgan fingerprint density at radius 2 is 1.79 bits per heavy atom. The molecule has 1 fully saturated rings. The number of Topliss-reactive ketones (excluding diaryl/α,β-unsaturated/α-hetero) is 1. The number of nitrogens with zero attached hydrogens (tertiary/aromatic N) is 2. The molecule has 1 heterocycles. The lowest BCUT2D eigenvalue weighted by atomic mass is 9.78. The molecule has 0 aliphatic carbocycles. The second kappa shape index (κ2) is 6.96. The van der Waals surface area contributed by atoms with Crippen LogP contribution in [-0.2, 0) is 9.53 Å². The van der Waals surface area contributed by atoms with Crippen molar-refractivity contribution in [2.75, 3.05) is 13.1 Å². The number of carbonyl (C=O) groups excluding carboxylic acids is 2. The predicted molar refractivity (Wildman–Crippen MR) is 93.3 cm³/mol. The van der Waals surface area contributed by atoms with Gasteiger partial charge in [-0.25, -0.2) is 4.79 Å². The van der Waals surface area contributed by atoms with Gasteiger partial charge in [0.25, 0.3) is 0 Å². The lowest BCUT2D eigenvalue weighted by molar-refractivity contribution is -0.122. The molecule has 0 aromatic carbocycles. The Morgan fingerprint density at radius 3 is 2.25 bits per heavy atom. The molecule has 1 rings (SSSR count). The van der Waals surface area contributed by atoms with Crippen molar-refractivity contribution < 1.29 is 14.3 Å². The molecular formula is C19H30N2O3. The van der Waals surface area contributed by atoms with Crippen LogP contribution in [0, 0.1) is 22.2 Å². The van der Waals surface area contributed by atoms with E-state index in [2.05, 4.69) is 0 Å². The normalized spacial score (nSPS) is 22.8. The molecule has 1 aliphatic heterocycles. The predicted octanol–water partition coefficient (Wildman–Crippen LogP) is 4.09. The van der Waals surface area contributed by atoms with E-state index in [1.807, 2.05) is 33.8 Å². The molecule has 1 aliphatic rings. The van der Waals surface area contributed by atoms with Crippen LogP contribution in [0.5, 0.6) is 0 Å². The van der Waals surface area contributed by atoms with Crippen LogP contribution < -0.4 is 0 Å². The van der Waals surface area contributed by atoms with E-state index in [-0.39, 0.29) is 17.4 Å². The fourth-order valence-electron chi connectivity index (χ4n) is 2.77. The van der Waals surface area contributed by atoms with Gasteiger partial charge < -0.3 is 9.64 Å². The van der Waals surface area contributed by atoms with E-state index in [0.29, 0.717) is 13.1 Å². The maximum Gasteiger partial charge on any atom is 0.410 e. The van der Waals surface area contributed by atoms with Crippen molar-refractivity contribution in [1.29, 1.82) is 5.26 Å². The molecule has 5 heteroatoms. The van der Waals surface area contributed by atoms with Crippen LogP contribution >= 0.6 is 0 Å². The number of rotatable bonds is 2. The van der Waals surface area contributed by atoms with Crippen molar-refractivity contribution in [3.8, 4) is 6.07 Å². The Balaban J connectivity index is 2.98. The topological polar surface area (TPSA) is 70.4 Å². The average molecular weight is 334 g/mol. The summed E-state index contributed by atoms with van der Waals surface area (Å²) in [4.78, 5) is 26.4. The zero-order valence-corrected chi connectivity index (χ0v) is 16.0. The number of nitriles is 1. The zero-order chi connectivity index (χ0) is 18.8. The number of piperidine rings is 1. The summed E-state index contributed by atoms with van der Waals surface area (Å²) in [7, 11) is 0. The van der Waals surface area contributed by atoms with Crippen molar-refractivity contribution in [3.63, 3.8) is 0 Å². The summed E-state index contributed by atoms with van der Waals surface area (Å²) in [6.45, 7) is 14.0. The second-order valence-corrected chi connectivity index (χ2v) is 8.91. The molecule has 0 radical (unpaired) electrons. The summed E-state index contributed by atoms with van der Waals surface area (Å²) in [6, 6.07) is 2.04. The highest BCUT2D eigenvalue weighted by molar-refractivity contribution is 6.02. The van der Waals surface area contributed by atoms with E-state index in [1.165, 1.54) is 0 Å². The molecule has 1 atom stereocenters.